The number of amides is 1. The van der Waals surface area contributed by atoms with Gasteiger partial charge in [-0.3, -0.25) is 4.79 Å². The number of aromatic hydroxyl groups is 1. The zero-order valence-electron chi connectivity index (χ0n) is 10.8. The lowest BCUT2D eigenvalue weighted by Gasteiger charge is -2.36. The molecule has 1 saturated heterocycles. The maximum Gasteiger partial charge on any atom is 0.254 e. The molecule has 0 aliphatic carbocycles. The van der Waals surface area contributed by atoms with Gasteiger partial charge < -0.3 is 15.1 Å². The first kappa shape index (κ1) is 12.9. The summed E-state index contributed by atoms with van der Waals surface area (Å²) in [7, 11) is 0. The minimum absolute atomic E-state index is 0.0705. The zero-order chi connectivity index (χ0) is 13.3. The number of phenols is 1. The molecule has 2 rings (SSSR count). The van der Waals surface area contributed by atoms with Crippen LogP contribution in [0, 0.1) is 6.92 Å². The SMILES string of the molecule is Cc1c(O)cccc1C(=O)N1CCC(C)(O)CC1. The highest BCUT2D eigenvalue weighted by Gasteiger charge is 2.30. The average molecular weight is 249 g/mol. The van der Waals surface area contributed by atoms with E-state index in [-0.39, 0.29) is 11.7 Å². The highest BCUT2D eigenvalue weighted by molar-refractivity contribution is 5.96. The third-order valence-electron chi connectivity index (χ3n) is 3.66. The molecule has 1 aromatic carbocycles. The lowest BCUT2D eigenvalue weighted by Crippen LogP contribution is -2.45. The molecule has 1 aliphatic heterocycles. The largest absolute Gasteiger partial charge is 0.508 e. The predicted octanol–water partition coefficient (Wildman–Crippen LogP) is 1.69. The normalized spacial score (nSPS) is 18.7. The Labute approximate surface area is 107 Å². The number of aliphatic hydroxyl groups is 1. The van der Waals surface area contributed by atoms with Gasteiger partial charge in [-0.25, -0.2) is 0 Å². The second-order valence-electron chi connectivity index (χ2n) is 5.24. The van der Waals surface area contributed by atoms with E-state index in [9.17, 15) is 15.0 Å². The van der Waals surface area contributed by atoms with Crippen molar-refractivity contribution in [3.63, 3.8) is 0 Å². The summed E-state index contributed by atoms with van der Waals surface area (Å²) in [5.74, 6) is 0.0729. The first-order chi connectivity index (χ1) is 8.41. The smallest absolute Gasteiger partial charge is 0.254 e. The molecule has 0 spiro atoms. The molecule has 18 heavy (non-hydrogen) atoms. The second-order valence-corrected chi connectivity index (χ2v) is 5.24. The first-order valence-electron chi connectivity index (χ1n) is 6.21. The molecule has 0 atom stereocenters. The van der Waals surface area contributed by atoms with Gasteiger partial charge in [0.1, 0.15) is 5.75 Å². The van der Waals surface area contributed by atoms with E-state index in [0.717, 1.165) is 0 Å². The summed E-state index contributed by atoms with van der Waals surface area (Å²) >= 11 is 0. The number of hydrogen-bond donors (Lipinski definition) is 2. The van der Waals surface area contributed by atoms with E-state index in [0.29, 0.717) is 37.1 Å². The molecule has 0 radical (unpaired) electrons. The van der Waals surface area contributed by atoms with Gasteiger partial charge in [0, 0.05) is 24.2 Å². The molecule has 98 valence electrons. The van der Waals surface area contributed by atoms with Crippen molar-refractivity contribution in [2.75, 3.05) is 13.1 Å². The van der Waals surface area contributed by atoms with Crippen LogP contribution in [0.1, 0.15) is 35.7 Å². The summed E-state index contributed by atoms with van der Waals surface area (Å²) in [5.41, 5.74) is 0.487. The van der Waals surface area contributed by atoms with Crippen molar-refractivity contribution in [3.05, 3.63) is 29.3 Å². The minimum Gasteiger partial charge on any atom is -0.508 e. The highest BCUT2D eigenvalue weighted by Crippen LogP contribution is 2.25. The molecule has 0 aromatic heterocycles. The first-order valence-corrected chi connectivity index (χ1v) is 6.21. The Kier molecular flexibility index (Phi) is 3.30. The third-order valence-corrected chi connectivity index (χ3v) is 3.66. The Morgan fingerprint density at radius 1 is 1.33 bits per heavy atom. The summed E-state index contributed by atoms with van der Waals surface area (Å²) in [6, 6.07) is 4.98. The molecule has 4 nitrogen and oxygen atoms in total. The van der Waals surface area contributed by atoms with E-state index >= 15 is 0 Å². The quantitative estimate of drug-likeness (QED) is 0.796. The highest BCUT2D eigenvalue weighted by atomic mass is 16.3. The average Bonchev–Trinajstić information content (AvgIpc) is 2.32. The Morgan fingerprint density at radius 2 is 1.94 bits per heavy atom. The fourth-order valence-corrected chi connectivity index (χ4v) is 2.22. The topological polar surface area (TPSA) is 60.8 Å². The summed E-state index contributed by atoms with van der Waals surface area (Å²) in [6.07, 6.45) is 1.19. The van der Waals surface area contributed by atoms with Crippen molar-refractivity contribution in [3.8, 4) is 5.75 Å². The molecule has 1 aliphatic rings. The number of rotatable bonds is 1. The lowest BCUT2D eigenvalue weighted by molar-refractivity contribution is -0.00205. The Bertz CT molecular complexity index is 458. The summed E-state index contributed by atoms with van der Waals surface area (Å²) in [4.78, 5) is 14.1. The molecule has 4 heteroatoms. The molecule has 0 bridgehead atoms. The standard InChI is InChI=1S/C14H19NO3/c1-10-11(4-3-5-12(10)16)13(17)15-8-6-14(2,18)7-9-15/h3-5,16,18H,6-9H2,1-2H3. The van der Waals surface area contributed by atoms with E-state index in [1.807, 2.05) is 0 Å². The number of benzene rings is 1. The molecule has 1 heterocycles. The number of piperidine rings is 1. The van der Waals surface area contributed by atoms with Gasteiger partial charge in [0.25, 0.3) is 5.91 Å². The molecule has 1 aromatic rings. The molecule has 1 fully saturated rings. The molecular weight excluding hydrogens is 230 g/mol. The van der Waals surface area contributed by atoms with Crippen molar-refractivity contribution < 1.29 is 15.0 Å². The van der Waals surface area contributed by atoms with Crippen LogP contribution in [0.3, 0.4) is 0 Å². The molecule has 0 saturated carbocycles. The van der Waals surface area contributed by atoms with Gasteiger partial charge in [0.05, 0.1) is 5.60 Å². The number of carbonyl (C=O) groups is 1. The number of phenolic OH excluding ortho intramolecular Hbond substituents is 1. The predicted molar refractivity (Wildman–Crippen MR) is 68.6 cm³/mol. The van der Waals surface area contributed by atoms with Crippen LogP contribution in [0.15, 0.2) is 18.2 Å². The van der Waals surface area contributed by atoms with Crippen LogP contribution in [0.5, 0.6) is 5.75 Å². The zero-order valence-corrected chi connectivity index (χ0v) is 10.8. The Balaban J connectivity index is 2.15. The van der Waals surface area contributed by atoms with E-state index in [4.69, 9.17) is 0 Å². The van der Waals surface area contributed by atoms with Crippen molar-refractivity contribution in [2.45, 2.75) is 32.3 Å². The van der Waals surface area contributed by atoms with Crippen molar-refractivity contribution in [2.24, 2.45) is 0 Å². The fraction of sp³-hybridized carbons (Fsp3) is 0.500. The number of likely N-dealkylation sites (tertiary alicyclic amines) is 1. The van der Waals surface area contributed by atoms with Crippen LogP contribution >= 0.6 is 0 Å². The lowest BCUT2D eigenvalue weighted by atomic mass is 9.93. The Hall–Kier alpha value is -1.55. The van der Waals surface area contributed by atoms with Crippen LogP contribution in [0.2, 0.25) is 0 Å². The van der Waals surface area contributed by atoms with Gasteiger partial charge in [-0.15, -0.1) is 0 Å². The monoisotopic (exact) mass is 249 g/mol. The maximum absolute atomic E-state index is 12.3. The van der Waals surface area contributed by atoms with Crippen LogP contribution in [-0.2, 0) is 0 Å². The van der Waals surface area contributed by atoms with E-state index in [1.165, 1.54) is 0 Å². The van der Waals surface area contributed by atoms with Crippen molar-refractivity contribution in [1.82, 2.24) is 4.90 Å². The van der Waals surface area contributed by atoms with Gasteiger partial charge in [-0.1, -0.05) is 6.07 Å². The van der Waals surface area contributed by atoms with Gasteiger partial charge in [-0.2, -0.15) is 0 Å². The van der Waals surface area contributed by atoms with Crippen LogP contribution in [-0.4, -0.2) is 39.7 Å². The van der Waals surface area contributed by atoms with Gasteiger partial charge in [-0.05, 0) is 38.8 Å². The molecule has 1 amide bonds. The van der Waals surface area contributed by atoms with E-state index in [1.54, 1.807) is 36.9 Å². The van der Waals surface area contributed by atoms with Crippen LogP contribution in [0.4, 0.5) is 0 Å². The Morgan fingerprint density at radius 3 is 2.56 bits per heavy atom. The van der Waals surface area contributed by atoms with Gasteiger partial charge >= 0.3 is 0 Å². The number of nitrogens with zero attached hydrogens (tertiary/aromatic N) is 1. The summed E-state index contributed by atoms with van der Waals surface area (Å²) in [5, 5.41) is 19.5. The van der Waals surface area contributed by atoms with Gasteiger partial charge in [0.2, 0.25) is 0 Å². The van der Waals surface area contributed by atoms with Crippen molar-refractivity contribution >= 4 is 5.91 Å². The van der Waals surface area contributed by atoms with Crippen LogP contribution < -0.4 is 0 Å². The summed E-state index contributed by atoms with van der Waals surface area (Å²) < 4.78 is 0. The minimum atomic E-state index is -0.662. The maximum atomic E-state index is 12.3. The fourth-order valence-electron chi connectivity index (χ4n) is 2.22. The third kappa shape index (κ3) is 2.48. The molecular formula is C14H19NO3. The van der Waals surface area contributed by atoms with Crippen molar-refractivity contribution in [1.29, 1.82) is 0 Å². The number of carbonyl (C=O) groups excluding carboxylic acids is 1. The van der Waals surface area contributed by atoms with Crippen LogP contribution in [0.25, 0.3) is 0 Å². The second kappa shape index (κ2) is 4.61. The summed E-state index contributed by atoms with van der Waals surface area (Å²) in [6.45, 7) is 4.65. The number of hydrogen-bond acceptors (Lipinski definition) is 3. The van der Waals surface area contributed by atoms with E-state index < -0.39 is 5.60 Å². The molecule has 2 N–H and O–H groups in total. The van der Waals surface area contributed by atoms with E-state index in [2.05, 4.69) is 0 Å². The molecule has 0 unspecified atom stereocenters. The van der Waals surface area contributed by atoms with Gasteiger partial charge in [0.15, 0.2) is 0 Å².